The lowest BCUT2D eigenvalue weighted by Crippen LogP contribution is -2.24. The highest BCUT2D eigenvalue weighted by molar-refractivity contribution is 8.00. The summed E-state index contributed by atoms with van der Waals surface area (Å²) in [5, 5.41) is 18.9. The number of carboxylic acid groups (broad SMARTS) is 1. The van der Waals surface area contributed by atoms with Crippen molar-refractivity contribution in [3.05, 3.63) is 54.1 Å². The third-order valence-corrected chi connectivity index (χ3v) is 5.98. The van der Waals surface area contributed by atoms with Gasteiger partial charge in [0.05, 0.1) is 6.10 Å². The first kappa shape index (κ1) is 22.2. The number of aliphatic hydroxyl groups is 1. The van der Waals surface area contributed by atoms with Crippen molar-refractivity contribution in [2.24, 2.45) is 5.92 Å². The Balaban J connectivity index is 1.71. The van der Waals surface area contributed by atoms with Gasteiger partial charge in [0.15, 0.2) is 5.78 Å². The maximum atomic E-state index is 12.1. The molecule has 0 aliphatic heterocycles. The SMILES string of the molecule is Cc1ccccc1OCC(O)CSC1C=CC(=O)C1CC=CCCCC(=O)O. The van der Waals surface area contributed by atoms with Gasteiger partial charge in [-0.2, -0.15) is 11.8 Å². The number of allylic oxidation sites excluding steroid dienone is 3. The van der Waals surface area contributed by atoms with Crippen molar-refractivity contribution in [2.45, 2.75) is 44.0 Å². The molecule has 0 radical (unpaired) electrons. The maximum Gasteiger partial charge on any atom is 0.303 e. The first-order chi connectivity index (χ1) is 13.5. The molecule has 6 heteroatoms. The fourth-order valence-corrected chi connectivity index (χ4v) is 4.15. The molecular weight excluding hydrogens is 376 g/mol. The number of carbonyl (C=O) groups is 2. The van der Waals surface area contributed by atoms with E-state index in [-0.39, 0.29) is 30.0 Å². The summed E-state index contributed by atoms with van der Waals surface area (Å²) in [4.78, 5) is 22.6. The van der Waals surface area contributed by atoms with Crippen LogP contribution in [0.3, 0.4) is 0 Å². The van der Waals surface area contributed by atoms with Gasteiger partial charge in [0.1, 0.15) is 12.4 Å². The number of benzene rings is 1. The monoisotopic (exact) mass is 404 g/mol. The first-order valence-electron chi connectivity index (χ1n) is 9.54. The van der Waals surface area contributed by atoms with Gasteiger partial charge in [-0.3, -0.25) is 9.59 Å². The standard InChI is InChI=1S/C22H28O5S/c1-16-8-6-7-10-20(16)27-14-17(23)15-28-21-13-12-19(24)18(21)9-4-2-3-5-11-22(25)26/h2,4,6-8,10,12-13,17-18,21,23H,3,5,9,11,14-15H2,1H3,(H,25,26). The average Bonchev–Trinajstić information content (AvgIpc) is 3.01. The Labute approximate surface area is 170 Å². The Morgan fingerprint density at radius 3 is 2.86 bits per heavy atom. The first-order valence-corrected chi connectivity index (χ1v) is 10.6. The van der Waals surface area contributed by atoms with Crippen LogP contribution in [-0.2, 0) is 9.59 Å². The zero-order valence-corrected chi connectivity index (χ0v) is 16.9. The van der Waals surface area contributed by atoms with Crippen molar-refractivity contribution in [3.63, 3.8) is 0 Å². The van der Waals surface area contributed by atoms with Crippen LogP contribution in [0.25, 0.3) is 0 Å². The Kier molecular flexibility index (Phi) is 9.31. The van der Waals surface area contributed by atoms with Gasteiger partial charge in [0.25, 0.3) is 0 Å². The number of unbranched alkanes of at least 4 members (excludes halogenated alkanes) is 1. The predicted molar refractivity (Wildman–Crippen MR) is 112 cm³/mol. The number of hydrogen-bond acceptors (Lipinski definition) is 5. The van der Waals surface area contributed by atoms with Gasteiger partial charge in [-0.25, -0.2) is 0 Å². The Morgan fingerprint density at radius 1 is 1.32 bits per heavy atom. The zero-order valence-electron chi connectivity index (χ0n) is 16.1. The lowest BCUT2D eigenvalue weighted by atomic mass is 10.0. The van der Waals surface area contributed by atoms with Gasteiger partial charge in [-0.1, -0.05) is 36.4 Å². The number of rotatable bonds is 12. The molecule has 0 aromatic heterocycles. The molecule has 1 aliphatic rings. The van der Waals surface area contributed by atoms with Gasteiger partial charge in [0, 0.05) is 23.3 Å². The number of aliphatic hydroxyl groups excluding tert-OH is 1. The Hall–Kier alpha value is -2.05. The molecule has 1 aromatic rings. The van der Waals surface area contributed by atoms with E-state index in [9.17, 15) is 14.7 Å². The molecule has 1 aliphatic carbocycles. The van der Waals surface area contributed by atoms with Crippen LogP contribution in [0.2, 0.25) is 0 Å². The summed E-state index contributed by atoms with van der Waals surface area (Å²) in [5.74, 6) is 0.467. The van der Waals surface area contributed by atoms with Crippen LogP contribution in [0.5, 0.6) is 5.75 Å². The minimum absolute atomic E-state index is 0.0456. The molecule has 0 saturated carbocycles. The fraction of sp³-hybridized carbons (Fsp3) is 0.455. The maximum absolute atomic E-state index is 12.1. The second-order valence-electron chi connectivity index (χ2n) is 6.89. The van der Waals surface area contributed by atoms with Crippen molar-refractivity contribution in [1.29, 1.82) is 0 Å². The van der Waals surface area contributed by atoms with E-state index in [2.05, 4.69) is 0 Å². The minimum atomic E-state index is -0.787. The molecule has 3 unspecified atom stereocenters. The van der Waals surface area contributed by atoms with Crippen LogP contribution in [0, 0.1) is 12.8 Å². The molecule has 0 bridgehead atoms. The van der Waals surface area contributed by atoms with Crippen LogP contribution < -0.4 is 4.74 Å². The molecule has 0 fully saturated rings. The number of carbonyl (C=O) groups excluding carboxylic acids is 1. The number of aryl methyl sites for hydroxylation is 1. The quantitative estimate of drug-likeness (QED) is 0.407. The summed E-state index contributed by atoms with van der Waals surface area (Å²) in [6, 6.07) is 7.69. The zero-order chi connectivity index (χ0) is 20.4. The summed E-state index contributed by atoms with van der Waals surface area (Å²) < 4.78 is 5.68. The number of hydrogen-bond donors (Lipinski definition) is 2. The Bertz CT molecular complexity index is 713. The van der Waals surface area contributed by atoms with Crippen LogP contribution in [0.1, 0.15) is 31.2 Å². The second kappa shape index (κ2) is 11.7. The van der Waals surface area contributed by atoms with Crippen molar-refractivity contribution in [1.82, 2.24) is 0 Å². The molecule has 0 heterocycles. The van der Waals surface area contributed by atoms with E-state index in [0.29, 0.717) is 25.0 Å². The largest absolute Gasteiger partial charge is 0.491 e. The second-order valence-corrected chi connectivity index (χ2v) is 8.10. The molecule has 28 heavy (non-hydrogen) atoms. The number of ether oxygens (including phenoxy) is 1. The number of para-hydroxylation sites is 1. The molecule has 0 amide bonds. The predicted octanol–water partition coefficient (Wildman–Crippen LogP) is 3.79. The number of thioether (sulfide) groups is 1. The van der Waals surface area contributed by atoms with Crippen LogP contribution in [0.4, 0.5) is 0 Å². The van der Waals surface area contributed by atoms with Crippen molar-refractivity contribution in [2.75, 3.05) is 12.4 Å². The molecule has 2 rings (SSSR count). The molecule has 0 saturated heterocycles. The number of aliphatic carboxylic acids is 1. The van der Waals surface area contributed by atoms with Gasteiger partial charge in [-0.15, -0.1) is 0 Å². The molecule has 2 N–H and O–H groups in total. The van der Waals surface area contributed by atoms with Gasteiger partial charge in [-0.05, 0) is 43.9 Å². The van der Waals surface area contributed by atoms with Crippen LogP contribution in [-0.4, -0.2) is 45.7 Å². The number of carboxylic acids is 1. The van der Waals surface area contributed by atoms with Gasteiger partial charge >= 0.3 is 5.97 Å². The summed E-state index contributed by atoms with van der Waals surface area (Å²) in [6.07, 6.45) is 8.93. The number of ketones is 1. The summed E-state index contributed by atoms with van der Waals surface area (Å²) in [5.41, 5.74) is 1.03. The summed E-state index contributed by atoms with van der Waals surface area (Å²) >= 11 is 1.57. The van der Waals surface area contributed by atoms with E-state index in [4.69, 9.17) is 9.84 Å². The summed E-state index contributed by atoms with van der Waals surface area (Å²) in [6.45, 7) is 2.18. The molecule has 1 aromatic carbocycles. The highest BCUT2D eigenvalue weighted by Gasteiger charge is 2.29. The molecular formula is C22H28O5S. The normalized spacial score (nSPS) is 20.0. The van der Waals surface area contributed by atoms with Crippen molar-refractivity contribution >= 4 is 23.5 Å². The lowest BCUT2D eigenvalue weighted by molar-refractivity contribution is -0.137. The molecule has 152 valence electrons. The molecule has 5 nitrogen and oxygen atoms in total. The van der Waals surface area contributed by atoms with E-state index >= 15 is 0 Å². The smallest absolute Gasteiger partial charge is 0.303 e. The highest BCUT2D eigenvalue weighted by atomic mass is 32.2. The molecule has 3 atom stereocenters. The van der Waals surface area contributed by atoms with E-state index in [1.807, 2.05) is 49.4 Å². The van der Waals surface area contributed by atoms with Crippen molar-refractivity contribution in [3.8, 4) is 5.75 Å². The Morgan fingerprint density at radius 2 is 2.11 bits per heavy atom. The van der Waals surface area contributed by atoms with Crippen LogP contribution in [0.15, 0.2) is 48.6 Å². The van der Waals surface area contributed by atoms with Gasteiger partial charge in [0.2, 0.25) is 0 Å². The fourth-order valence-electron chi connectivity index (χ4n) is 2.94. The highest BCUT2D eigenvalue weighted by Crippen LogP contribution is 2.31. The summed E-state index contributed by atoms with van der Waals surface area (Å²) in [7, 11) is 0. The van der Waals surface area contributed by atoms with Crippen LogP contribution >= 0.6 is 11.8 Å². The minimum Gasteiger partial charge on any atom is -0.491 e. The van der Waals surface area contributed by atoms with Crippen molar-refractivity contribution < 1.29 is 24.5 Å². The van der Waals surface area contributed by atoms with Gasteiger partial charge < -0.3 is 14.9 Å². The lowest BCUT2D eigenvalue weighted by Gasteiger charge is -2.19. The third kappa shape index (κ3) is 7.52. The van der Waals surface area contributed by atoms with E-state index in [0.717, 1.165) is 11.3 Å². The van der Waals surface area contributed by atoms with E-state index in [1.54, 1.807) is 17.8 Å². The molecule has 0 spiro atoms. The van der Waals surface area contributed by atoms with E-state index < -0.39 is 12.1 Å². The average molecular weight is 405 g/mol. The van der Waals surface area contributed by atoms with E-state index in [1.165, 1.54) is 0 Å². The third-order valence-electron chi connectivity index (χ3n) is 4.54. The topological polar surface area (TPSA) is 83.8 Å².